The molecule has 0 spiro atoms. The van der Waals surface area contributed by atoms with Crippen LogP contribution in [-0.4, -0.2) is 15.6 Å². The number of fused-ring (bicyclic) bond motifs is 3. The van der Waals surface area contributed by atoms with Crippen molar-refractivity contribution in [2.24, 2.45) is 0 Å². The van der Waals surface area contributed by atoms with Gasteiger partial charge in [-0.25, -0.2) is 0 Å². The SMILES string of the molecule is F[As](F)C1(P(c2ccccc2)c2ccccc2)c2ccccc2-c2ccccc21. The summed E-state index contributed by atoms with van der Waals surface area (Å²) in [6, 6.07) is 35.4. The number of rotatable bonds is 4. The summed E-state index contributed by atoms with van der Waals surface area (Å²) < 4.78 is 29.8. The molecule has 0 nitrogen and oxygen atoms in total. The average Bonchev–Trinajstić information content (AvgIpc) is 3.07. The van der Waals surface area contributed by atoms with E-state index in [2.05, 4.69) is 0 Å². The van der Waals surface area contributed by atoms with Crippen LogP contribution in [0.4, 0.5) is 6.93 Å². The van der Waals surface area contributed by atoms with Gasteiger partial charge in [-0.2, -0.15) is 0 Å². The molecule has 29 heavy (non-hydrogen) atoms. The third kappa shape index (κ3) is 2.82. The van der Waals surface area contributed by atoms with Crippen molar-refractivity contribution in [3.63, 3.8) is 0 Å². The Kier molecular flexibility index (Phi) is 4.86. The van der Waals surface area contributed by atoms with Crippen LogP contribution < -0.4 is 10.6 Å². The third-order valence-corrected chi connectivity index (χ3v) is 12.3. The van der Waals surface area contributed by atoms with E-state index < -0.39 is 27.5 Å². The van der Waals surface area contributed by atoms with Gasteiger partial charge in [-0.3, -0.25) is 0 Å². The Morgan fingerprint density at radius 3 is 1.31 bits per heavy atom. The zero-order valence-corrected chi connectivity index (χ0v) is 18.3. The van der Waals surface area contributed by atoms with E-state index in [1.165, 1.54) is 0 Å². The maximum absolute atomic E-state index is 15.5. The van der Waals surface area contributed by atoms with Gasteiger partial charge in [0.1, 0.15) is 0 Å². The van der Waals surface area contributed by atoms with E-state index in [-0.39, 0.29) is 0 Å². The number of benzene rings is 4. The van der Waals surface area contributed by atoms with Crippen molar-refractivity contribution >= 4 is 34.1 Å². The summed E-state index contributed by atoms with van der Waals surface area (Å²) >= 11 is -4.28. The molecule has 0 saturated heterocycles. The first kappa shape index (κ1) is 18.7. The first-order valence-corrected chi connectivity index (χ1v) is 13.2. The van der Waals surface area contributed by atoms with Crippen molar-refractivity contribution in [2.45, 2.75) is 3.94 Å². The van der Waals surface area contributed by atoms with Crippen molar-refractivity contribution < 1.29 is 6.93 Å². The first-order valence-electron chi connectivity index (χ1n) is 9.46. The summed E-state index contributed by atoms with van der Waals surface area (Å²) in [4.78, 5) is 0. The van der Waals surface area contributed by atoms with Gasteiger partial charge < -0.3 is 0 Å². The molecule has 4 aromatic rings. The van der Waals surface area contributed by atoms with Crippen LogP contribution in [0.3, 0.4) is 0 Å². The maximum atomic E-state index is 15.5. The molecule has 1 aliphatic carbocycles. The van der Waals surface area contributed by atoms with Crippen molar-refractivity contribution in [2.75, 3.05) is 0 Å². The van der Waals surface area contributed by atoms with Crippen LogP contribution in [0.2, 0.25) is 0 Å². The van der Waals surface area contributed by atoms with Gasteiger partial charge in [0, 0.05) is 0 Å². The van der Waals surface area contributed by atoms with E-state index >= 15 is 6.93 Å². The minimum absolute atomic E-state index is 0.796. The van der Waals surface area contributed by atoms with E-state index in [4.69, 9.17) is 0 Å². The number of halogens is 2. The van der Waals surface area contributed by atoms with E-state index in [9.17, 15) is 0 Å². The molecule has 0 fully saturated rings. The molecule has 142 valence electrons. The van der Waals surface area contributed by atoms with Crippen LogP contribution in [0.15, 0.2) is 109 Å². The van der Waals surface area contributed by atoms with Gasteiger partial charge in [0.2, 0.25) is 0 Å². The predicted molar refractivity (Wildman–Crippen MR) is 120 cm³/mol. The molecule has 4 aromatic carbocycles. The fourth-order valence-corrected chi connectivity index (χ4v) is 11.4. The minimum atomic E-state index is -4.28. The van der Waals surface area contributed by atoms with Gasteiger partial charge in [-0.15, -0.1) is 0 Å². The molecule has 0 atom stereocenters. The molecule has 4 heteroatoms. The normalized spacial score (nSPS) is 14.1. The standard InChI is InChI=1S/C25H18AsF2P/c27-26(28)25(23-17-9-7-15-21(23)22-16-8-10-18-24(22)25)29(19-11-3-1-4-12-19)20-13-5-2-6-14-20/h1-18H. The second-order valence-corrected chi connectivity index (χ2v) is 12.5. The van der Waals surface area contributed by atoms with Crippen LogP contribution in [-0.2, 0) is 3.94 Å². The van der Waals surface area contributed by atoms with Crippen molar-refractivity contribution in [1.29, 1.82) is 0 Å². The Hall–Kier alpha value is -2.27. The quantitative estimate of drug-likeness (QED) is 0.258. The number of hydrogen-bond acceptors (Lipinski definition) is 0. The fraction of sp³-hybridized carbons (Fsp3) is 0.0400. The van der Waals surface area contributed by atoms with Crippen LogP contribution in [0.5, 0.6) is 0 Å². The van der Waals surface area contributed by atoms with Crippen LogP contribution in [0.25, 0.3) is 11.1 Å². The van der Waals surface area contributed by atoms with Gasteiger partial charge in [-0.1, -0.05) is 0 Å². The summed E-state index contributed by atoms with van der Waals surface area (Å²) in [5, 5.41) is 1.99. The second-order valence-electron chi connectivity index (χ2n) is 7.00. The van der Waals surface area contributed by atoms with Gasteiger partial charge in [0.05, 0.1) is 0 Å². The average molecular weight is 462 g/mol. The second kappa shape index (κ2) is 7.52. The summed E-state index contributed by atoms with van der Waals surface area (Å²) in [6.07, 6.45) is 0. The molecule has 0 saturated carbocycles. The van der Waals surface area contributed by atoms with Gasteiger partial charge >= 0.3 is 176 Å². The molecule has 0 N–H and O–H groups in total. The fourth-order valence-electron chi connectivity index (χ4n) is 4.36. The van der Waals surface area contributed by atoms with Crippen molar-refractivity contribution in [3.8, 4) is 11.1 Å². The monoisotopic (exact) mass is 462 g/mol. The summed E-state index contributed by atoms with van der Waals surface area (Å²) in [5.74, 6) is 0. The third-order valence-electron chi connectivity index (χ3n) is 5.49. The van der Waals surface area contributed by atoms with Gasteiger partial charge in [0.15, 0.2) is 0 Å². The molecular formula is C25H18AsF2P. The molecule has 0 aliphatic heterocycles. The summed E-state index contributed by atoms with van der Waals surface area (Å²) in [7, 11) is -1.33. The molecule has 0 amide bonds. The molecule has 0 radical (unpaired) electrons. The molecule has 0 bridgehead atoms. The van der Waals surface area contributed by atoms with Gasteiger partial charge in [0.25, 0.3) is 0 Å². The van der Waals surface area contributed by atoms with Crippen LogP contribution >= 0.6 is 7.92 Å². The van der Waals surface area contributed by atoms with Crippen molar-refractivity contribution in [1.82, 2.24) is 0 Å². The Labute approximate surface area is 176 Å². The molecule has 0 aromatic heterocycles. The Morgan fingerprint density at radius 1 is 0.517 bits per heavy atom. The zero-order chi connectivity index (χ0) is 19.8. The van der Waals surface area contributed by atoms with E-state index in [0.717, 1.165) is 32.9 Å². The van der Waals surface area contributed by atoms with Crippen LogP contribution in [0, 0.1) is 0 Å². The van der Waals surface area contributed by atoms with Crippen LogP contribution in [0.1, 0.15) is 11.1 Å². The van der Waals surface area contributed by atoms with Gasteiger partial charge in [-0.05, 0) is 0 Å². The molecule has 5 rings (SSSR count). The first-order chi connectivity index (χ1) is 14.2. The molecule has 0 heterocycles. The molecule has 1 aliphatic rings. The molecular weight excluding hydrogens is 444 g/mol. The Balaban J connectivity index is 1.91. The number of hydrogen-bond donors (Lipinski definition) is 0. The Bertz CT molecular complexity index is 1060. The van der Waals surface area contributed by atoms with E-state index in [1.54, 1.807) is 0 Å². The van der Waals surface area contributed by atoms with Crippen molar-refractivity contribution in [3.05, 3.63) is 120 Å². The predicted octanol–water partition coefficient (Wildman–Crippen LogP) is 6.01. The molecule has 0 unspecified atom stereocenters. The van der Waals surface area contributed by atoms with E-state index in [0.29, 0.717) is 0 Å². The van der Waals surface area contributed by atoms with E-state index in [1.807, 2.05) is 109 Å². The zero-order valence-electron chi connectivity index (χ0n) is 15.5. The summed E-state index contributed by atoms with van der Waals surface area (Å²) in [5.41, 5.74) is 3.50. The topological polar surface area (TPSA) is 0 Å². The summed E-state index contributed by atoms with van der Waals surface area (Å²) in [6.45, 7) is 0. The Morgan fingerprint density at radius 2 is 0.897 bits per heavy atom.